The van der Waals surface area contributed by atoms with Crippen LogP contribution in [0.15, 0.2) is 94.1 Å². The molecule has 2 bridgehead atoms. The summed E-state index contributed by atoms with van der Waals surface area (Å²) < 4.78 is 21.0. The molecule has 2 aliphatic heterocycles. The van der Waals surface area contributed by atoms with Gasteiger partial charge in [-0.15, -0.1) is 0 Å². The summed E-state index contributed by atoms with van der Waals surface area (Å²) in [6.07, 6.45) is 14.5. The van der Waals surface area contributed by atoms with Crippen molar-refractivity contribution in [1.82, 2.24) is 14.8 Å². The number of rotatable bonds is 5. The fraction of sp³-hybridized carbons (Fsp3) is 0.154. The quantitative estimate of drug-likeness (QED) is 0.687. The molecule has 0 atom stereocenters. The van der Waals surface area contributed by atoms with Gasteiger partial charge in [-0.05, 0) is 36.4 Å². The van der Waals surface area contributed by atoms with Crippen LogP contribution < -0.4 is 10.1 Å². The highest BCUT2D eigenvalue weighted by atomic mass is 19.1. The van der Waals surface area contributed by atoms with E-state index in [0.29, 0.717) is 47.9 Å². The van der Waals surface area contributed by atoms with Crippen molar-refractivity contribution in [3.63, 3.8) is 0 Å². The lowest BCUT2D eigenvalue weighted by atomic mass is 10.1. The normalized spacial score (nSPS) is 17.8. The number of carbonyl (C=O) groups excluding carboxylic acids is 1. The monoisotopic (exact) mass is 470 g/mol. The van der Waals surface area contributed by atoms with Crippen molar-refractivity contribution in [2.45, 2.75) is 12.8 Å². The van der Waals surface area contributed by atoms with Gasteiger partial charge in [-0.25, -0.2) is 9.07 Å². The van der Waals surface area contributed by atoms with E-state index < -0.39 is 5.83 Å². The van der Waals surface area contributed by atoms with Gasteiger partial charge < -0.3 is 10.1 Å². The van der Waals surface area contributed by atoms with Crippen LogP contribution in [0.2, 0.25) is 0 Å². The number of hydrogen-bond donors (Lipinski definition) is 1. The lowest BCUT2D eigenvalue weighted by Gasteiger charge is -2.22. The number of carbonyl (C=O) groups is 1. The molecular weight excluding hydrogens is 447 g/mol. The molecule has 176 valence electrons. The van der Waals surface area contributed by atoms with Crippen molar-refractivity contribution < 1.29 is 13.9 Å². The van der Waals surface area contributed by atoms with E-state index in [1.165, 1.54) is 18.4 Å². The first-order valence-corrected chi connectivity index (χ1v) is 11.1. The summed E-state index contributed by atoms with van der Waals surface area (Å²) in [5.74, 6) is 0.371. The fourth-order valence-electron chi connectivity index (χ4n) is 3.82. The Morgan fingerprint density at radius 3 is 2.89 bits per heavy atom. The Labute approximate surface area is 201 Å². The number of benzene rings is 1. The average molecular weight is 471 g/mol. The highest BCUT2D eigenvalue weighted by Gasteiger charge is 2.22. The number of aliphatic imine (C=N–C) groups is 1. The van der Waals surface area contributed by atoms with Gasteiger partial charge in [0.15, 0.2) is 0 Å². The number of halogens is 1. The first-order chi connectivity index (χ1) is 17.1. The zero-order valence-electron chi connectivity index (χ0n) is 19.1. The number of allylic oxidation sites excluding steroid dienone is 7. The third kappa shape index (κ3) is 4.89. The zero-order valence-corrected chi connectivity index (χ0v) is 19.1. The van der Waals surface area contributed by atoms with Crippen LogP contribution in [-0.2, 0) is 4.79 Å². The summed E-state index contributed by atoms with van der Waals surface area (Å²) in [5.41, 5.74) is 3.02. The van der Waals surface area contributed by atoms with Crippen LogP contribution in [0.1, 0.15) is 12.8 Å². The molecule has 2 aromatic rings. The Morgan fingerprint density at radius 2 is 2.06 bits per heavy atom. The van der Waals surface area contributed by atoms with Crippen LogP contribution in [0.4, 0.5) is 10.2 Å². The van der Waals surface area contributed by atoms with Gasteiger partial charge in [0.25, 0.3) is 5.91 Å². The van der Waals surface area contributed by atoms with E-state index in [9.17, 15) is 9.18 Å². The maximum absolute atomic E-state index is 14.2. The second-order valence-corrected chi connectivity index (χ2v) is 7.96. The van der Waals surface area contributed by atoms with Crippen molar-refractivity contribution in [3.05, 3.63) is 84.0 Å². The summed E-state index contributed by atoms with van der Waals surface area (Å²) in [5, 5.41) is 13.7. The Kier molecular flexibility index (Phi) is 6.21. The van der Waals surface area contributed by atoms with Gasteiger partial charge in [-0.2, -0.15) is 10.2 Å². The van der Waals surface area contributed by atoms with E-state index in [-0.39, 0.29) is 5.91 Å². The maximum Gasteiger partial charge on any atom is 0.260 e. The van der Waals surface area contributed by atoms with E-state index >= 15 is 0 Å². The molecule has 0 saturated carbocycles. The number of hydrazone groups is 1. The summed E-state index contributed by atoms with van der Waals surface area (Å²) >= 11 is 0. The minimum Gasteiger partial charge on any atom is -0.497 e. The van der Waals surface area contributed by atoms with E-state index in [2.05, 4.69) is 15.4 Å². The van der Waals surface area contributed by atoms with Crippen molar-refractivity contribution in [2.75, 3.05) is 19.0 Å². The first-order valence-electron chi connectivity index (χ1n) is 11.1. The van der Waals surface area contributed by atoms with Gasteiger partial charge in [0, 0.05) is 36.9 Å². The predicted molar refractivity (Wildman–Crippen MR) is 135 cm³/mol. The number of methoxy groups -OCH3 is 1. The molecule has 0 fully saturated rings. The molecule has 1 aromatic heterocycles. The third-order valence-corrected chi connectivity index (χ3v) is 5.60. The van der Waals surface area contributed by atoms with Crippen LogP contribution in [0.3, 0.4) is 0 Å². The van der Waals surface area contributed by atoms with Crippen molar-refractivity contribution in [3.8, 4) is 17.0 Å². The molecule has 0 spiro atoms. The van der Waals surface area contributed by atoms with Gasteiger partial charge in [-0.1, -0.05) is 18.2 Å². The molecule has 3 heterocycles. The molecule has 1 aliphatic carbocycles. The summed E-state index contributed by atoms with van der Waals surface area (Å²) in [6, 6.07) is 9.19. The predicted octanol–water partition coefficient (Wildman–Crippen LogP) is 4.70. The number of aromatic nitrogens is 2. The Bertz CT molecular complexity index is 1360. The number of hydrogen-bond acceptors (Lipinski definition) is 6. The van der Waals surface area contributed by atoms with Crippen LogP contribution in [0.5, 0.6) is 5.75 Å². The van der Waals surface area contributed by atoms with E-state index in [0.717, 1.165) is 11.3 Å². The summed E-state index contributed by atoms with van der Waals surface area (Å²) in [7, 11) is 1.60. The Hall–Kier alpha value is -4.53. The first kappa shape index (κ1) is 22.3. The molecule has 1 aromatic carbocycles. The minimum absolute atomic E-state index is 0.367. The maximum atomic E-state index is 14.2. The van der Waals surface area contributed by atoms with Gasteiger partial charge >= 0.3 is 0 Å². The molecule has 9 heteroatoms. The number of nitrogens with one attached hydrogen (secondary N) is 1. The van der Waals surface area contributed by atoms with Crippen LogP contribution in [0, 0.1) is 0 Å². The van der Waals surface area contributed by atoms with E-state index in [1.54, 1.807) is 35.2 Å². The van der Waals surface area contributed by atoms with Crippen molar-refractivity contribution in [1.29, 1.82) is 0 Å². The second kappa shape index (κ2) is 9.76. The number of nitrogens with zero attached hydrogens (tertiary/aromatic N) is 5. The lowest BCUT2D eigenvalue weighted by molar-refractivity contribution is -0.112. The molecule has 0 unspecified atom stereocenters. The highest BCUT2D eigenvalue weighted by molar-refractivity contribution is 6.18. The topological polar surface area (TPSA) is 84.1 Å². The minimum atomic E-state index is -0.395. The van der Waals surface area contributed by atoms with Gasteiger partial charge in [0.2, 0.25) is 0 Å². The average Bonchev–Trinajstić information content (AvgIpc) is 3.15. The number of ether oxygens (including phenoxy) is 1. The van der Waals surface area contributed by atoms with Crippen LogP contribution >= 0.6 is 0 Å². The summed E-state index contributed by atoms with van der Waals surface area (Å²) in [6.45, 7) is 0.397. The Balaban J connectivity index is 1.52. The molecule has 0 radical (unpaired) electrons. The molecule has 8 nitrogen and oxygen atoms in total. The van der Waals surface area contributed by atoms with E-state index in [4.69, 9.17) is 9.84 Å². The van der Waals surface area contributed by atoms with Crippen molar-refractivity contribution in [2.24, 2.45) is 10.1 Å². The molecular formula is C26H23FN6O2. The van der Waals surface area contributed by atoms with Crippen molar-refractivity contribution >= 4 is 29.9 Å². The molecule has 1 N–H and O–H groups in total. The van der Waals surface area contributed by atoms with Gasteiger partial charge in [0.05, 0.1) is 42.5 Å². The van der Waals surface area contributed by atoms with Crippen LogP contribution in [0.25, 0.3) is 17.0 Å². The molecule has 5 rings (SSSR count). The molecule has 0 saturated heterocycles. The fourth-order valence-corrected chi connectivity index (χ4v) is 3.82. The Morgan fingerprint density at radius 1 is 1.20 bits per heavy atom. The number of anilines is 1. The third-order valence-electron chi connectivity index (χ3n) is 5.60. The second-order valence-electron chi connectivity index (χ2n) is 7.96. The SMILES string of the molecule is COc1ccc(-c2cc(NC(=O)C3=C4CN(/C=C\CC=N4)N=C3)n(C3=CC(F)=CC=CC3)n2)cc1. The van der Waals surface area contributed by atoms with E-state index in [1.807, 2.05) is 42.6 Å². The number of fused-ring (bicyclic) bond motifs is 2. The number of amides is 1. The molecule has 3 aliphatic rings. The van der Waals surface area contributed by atoms with Gasteiger partial charge in [0.1, 0.15) is 17.4 Å². The molecule has 1 amide bonds. The smallest absolute Gasteiger partial charge is 0.260 e. The highest BCUT2D eigenvalue weighted by Crippen LogP contribution is 2.29. The lowest BCUT2D eigenvalue weighted by Crippen LogP contribution is -2.27. The van der Waals surface area contributed by atoms with Crippen LogP contribution in [-0.4, -0.2) is 46.8 Å². The zero-order chi connectivity index (χ0) is 24.2. The summed E-state index contributed by atoms with van der Waals surface area (Å²) in [4.78, 5) is 17.8. The standard InChI is InChI=1S/C26H23FN6O2/c1-35-21-10-8-18(9-11-21)23-15-25(33(31-23)20-7-3-2-6-19(27)14-20)30-26(34)22-16-29-32-13-5-4-12-28-24(22)17-32/h2-3,5-6,8-16H,4,7,17H2,1H3,(H,30,34)/b13-5-,28-12?. The largest absolute Gasteiger partial charge is 0.497 e. The van der Waals surface area contributed by atoms with Gasteiger partial charge in [-0.3, -0.25) is 14.8 Å². The molecule has 35 heavy (non-hydrogen) atoms.